The van der Waals surface area contributed by atoms with E-state index in [1.54, 1.807) is 6.92 Å². The van der Waals surface area contributed by atoms with Crippen molar-refractivity contribution in [1.82, 2.24) is 4.90 Å². The highest BCUT2D eigenvalue weighted by Gasteiger charge is 2.46. The fourth-order valence-corrected chi connectivity index (χ4v) is 2.95. The van der Waals surface area contributed by atoms with Gasteiger partial charge in [0.05, 0.1) is 6.04 Å². The number of rotatable bonds is 4. The van der Waals surface area contributed by atoms with E-state index in [9.17, 15) is 14.7 Å². The Morgan fingerprint density at radius 1 is 1.45 bits per heavy atom. The lowest BCUT2D eigenvalue weighted by atomic mass is 10.0. The highest BCUT2D eigenvalue weighted by molar-refractivity contribution is 9.11. The second-order valence-electron chi connectivity index (χ2n) is 4.96. The molecular weight excluding hydrogens is 374 g/mol. The highest BCUT2D eigenvalue weighted by atomic mass is 79.9. The van der Waals surface area contributed by atoms with Crippen molar-refractivity contribution in [2.24, 2.45) is 0 Å². The summed E-state index contributed by atoms with van der Waals surface area (Å²) in [6, 6.07) is 8.60. The number of benzene rings is 1. The Hall–Kier alpha value is -1.37. The standard InChI is InChI=1S/C15H15BrClNO4/c1-8(16)12(19)11(17)14(20)18-9(2)13(22-15(18)21)10-6-4-3-5-7-10/h3-7,9,11-13,19H,1H2,2H3/t9-,11-,12+,13-/m1/s1. The predicted octanol–water partition coefficient (Wildman–Crippen LogP) is 2.97. The van der Waals surface area contributed by atoms with E-state index in [-0.39, 0.29) is 4.48 Å². The maximum Gasteiger partial charge on any atom is 0.417 e. The molecule has 1 fully saturated rings. The molecule has 2 amide bonds. The third-order valence-corrected chi connectivity index (χ3v) is 4.36. The minimum absolute atomic E-state index is 0.167. The van der Waals surface area contributed by atoms with Crippen LogP contribution < -0.4 is 0 Å². The second-order valence-corrected chi connectivity index (χ2v) is 6.45. The highest BCUT2D eigenvalue weighted by Crippen LogP contribution is 2.33. The van der Waals surface area contributed by atoms with Crippen LogP contribution in [-0.4, -0.2) is 39.5 Å². The molecule has 22 heavy (non-hydrogen) atoms. The molecule has 5 nitrogen and oxygen atoms in total. The first-order chi connectivity index (χ1) is 10.3. The van der Waals surface area contributed by atoms with E-state index >= 15 is 0 Å². The Morgan fingerprint density at radius 3 is 2.59 bits per heavy atom. The molecule has 0 saturated carbocycles. The van der Waals surface area contributed by atoms with Gasteiger partial charge in [-0.1, -0.05) is 52.8 Å². The van der Waals surface area contributed by atoms with Crippen LogP contribution in [0, 0.1) is 0 Å². The minimum Gasteiger partial charge on any atom is -0.439 e. The molecule has 0 radical (unpaired) electrons. The molecule has 1 N–H and O–H groups in total. The molecule has 0 unspecified atom stereocenters. The normalized spacial score (nSPS) is 23.8. The summed E-state index contributed by atoms with van der Waals surface area (Å²) >= 11 is 8.92. The Bertz CT molecular complexity index is 594. The second kappa shape index (κ2) is 6.81. The van der Waals surface area contributed by atoms with Crippen LogP contribution in [0.1, 0.15) is 18.6 Å². The molecule has 1 aliphatic rings. The molecular formula is C15H15BrClNO4. The number of aliphatic hydroxyl groups excluding tert-OH is 1. The summed E-state index contributed by atoms with van der Waals surface area (Å²) in [7, 11) is 0. The number of ether oxygens (including phenoxy) is 1. The van der Waals surface area contributed by atoms with Crippen LogP contribution >= 0.6 is 27.5 Å². The van der Waals surface area contributed by atoms with Gasteiger partial charge in [0.1, 0.15) is 17.6 Å². The summed E-state index contributed by atoms with van der Waals surface area (Å²) in [6.07, 6.45) is -2.64. The average Bonchev–Trinajstić information content (AvgIpc) is 2.80. The lowest BCUT2D eigenvalue weighted by Crippen LogP contribution is -2.46. The zero-order valence-electron chi connectivity index (χ0n) is 11.8. The van der Waals surface area contributed by atoms with Crippen LogP contribution in [0.2, 0.25) is 0 Å². The minimum atomic E-state index is -1.32. The molecule has 2 rings (SSSR count). The van der Waals surface area contributed by atoms with Gasteiger partial charge in [-0.25, -0.2) is 9.69 Å². The van der Waals surface area contributed by atoms with Crippen molar-refractivity contribution in [3.8, 4) is 0 Å². The van der Waals surface area contributed by atoms with Crippen molar-refractivity contribution in [2.45, 2.75) is 30.6 Å². The van der Waals surface area contributed by atoms with Crippen molar-refractivity contribution in [3.63, 3.8) is 0 Å². The number of hydrogen-bond donors (Lipinski definition) is 1. The molecule has 7 heteroatoms. The van der Waals surface area contributed by atoms with Gasteiger partial charge in [-0.3, -0.25) is 4.79 Å². The van der Waals surface area contributed by atoms with Crippen LogP contribution in [0.25, 0.3) is 0 Å². The molecule has 1 aliphatic heterocycles. The Balaban J connectivity index is 2.20. The number of carbonyl (C=O) groups is 2. The first-order valence-electron chi connectivity index (χ1n) is 6.59. The van der Waals surface area contributed by atoms with Crippen LogP contribution in [0.4, 0.5) is 4.79 Å². The number of cyclic esters (lactones) is 1. The Kier molecular flexibility index (Phi) is 5.26. The summed E-state index contributed by atoms with van der Waals surface area (Å²) in [5.74, 6) is -0.717. The number of alkyl halides is 1. The van der Waals surface area contributed by atoms with Crippen LogP contribution in [0.3, 0.4) is 0 Å². The number of hydrogen-bond acceptors (Lipinski definition) is 4. The first kappa shape index (κ1) is 17.0. The largest absolute Gasteiger partial charge is 0.439 e. The van der Waals surface area contributed by atoms with E-state index in [0.29, 0.717) is 0 Å². The molecule has 0 spiro atoms. The molecule has 4 atom stereocenters. The number of carbonyl (C=O) groups excluding carboxylic acids is 2. The Labute approximate surface area is 141 Å². The van der Waals surface area contributed by atoms with Gasteiger partial charge in [0.25, 0.3) is 5.91 Å². The first-order valence-corrected chi connectivity index (χ1v) is 7.82. The molecule has 0 aromatic heterocycles. The summed E-state index contributed by atoms with van der Waals surface area (Å²) in [6.45, 7) is 5.17. The van der Waals surface area contributed by atoms with Crippen molar-refractivity contribution in [2.75, 3.05) is 0 Å². The topological polar surface area (TPSA) is 66.8 Å². The van der Waals surface area contributed by atoms with Crippen LogP contribution in [0.5, 0.6) is 0 Å². The zero-order valence-corrected chi connectivity index (χ0v) is 14.1. The van der Waals surface area contributed by atoms with E-state index in [1.165, 1.54) is 0 Å². The lowest BCUT2D eigenvalue weighted by molar-refractivity contribution is -0.130. The van der Waals surface area contributed by atoms with E-state index in [0.717, 1.165) is 10.5 Å². The van der Waals surface area contributed by atoms with Crippen molar-refractivity contribution < 1.29 is 19.4 Å². The number of halogens is 2. The number of aliphatic hydroxyl groups is 1. The Morgan fingerprint density at radius 2 is 2.05 bits per heavy atom. The summed E-state index contributed by atoms with van der Waals surface area (Å²) in [4.78, 5) is 25.3. The number of imide groups is 1. The molecule has 1 saturated heterocycles. The number of amides is 2. The summed E-state index contributed by atoms with van der Waals surface area (Å²) in [5.41, 5.74) is 0.787. The molecule has 118 valence electrons. The molecule has 1 aromatic rings. The van der Waals surface area contributed by atoms with Gasteiger partial charge < -0.3 is 9.84 Å². The van der Waals surface area contributed by atoms with Crippen molar-refractivity contribution >= 4 is 39.5 Å². The maximum absolute atomic E-state index is 12.4. The third-order valence-electron chi connectivity index (χ3n) is 3.47. The van der Waals surface area contributed by atoms with Gasteiger partial charge in [0.2, 0.25) is 0 Å². The van der Waals surface area contributed by atoms with Crippen LogP contribution in [0.15, 0.2) is 41.4 Å². The lowest BCUT2D eigenvalue weighted by Gasteiger charge is -2.23. The zero-order chi connectivity index (χ0) is 16.4. The van der Waals surface area contributed by atoms with E-state index in [4.69, 9.17) is 16.3 Å². The van der Waals surface area contributed by atoms with Gasteiger partial charge in [-0.2, -0.15) is 0 Å². The fourth-order valence-electron chi connectivity index (χ4n) is 2.27. The SMILES string of the molecule is C=C(Br)[C@H](O)[C@@H](Cl)C(=O)N1C(=O)O[C@@H](c2ccccc2)[C@H]1C. The van der Waals surface area contributed by atoms with Gasteiger partial charge in [-0.15, -0.1) is 11.6 Å². The van der Waals surface area contributed by atoms with Gasteiger partial charge in [0, 0.05) is 4.48 Å². The van der Waals surface area contributed by atoms with Gasteiger partial charge in [-0.05, 0) is 12.5 Å². The fraction of sp³-hybridized carbons (Fsp3) is 0.333. The predicted molar refractivity (Wildman–Crippen MR) is 85.7 cm³/mol. The number of nitrogens with zero attached hydrogens (tertiary/aromatic N) is 1. The molecule has 1 aromatic carbocycles. The van der Waals surface area contributed by atoms with Crippen molar-refractivity contribution in [1.29, 1.82) is 0 Å². The monoisotopic (exact) mass is 387 g/mol. The molecule has 1 heterocycles. The quantitative estimate of drug-likeness (QED) is 0.805. The molecule has 0 bridgehead atoms. The molecule has 0 aliphatic carbocycles. The third kappa shape index (κ3) is 3.19. The smallest absolute Gasteiger partial charge is 0.417 e. The van der Waals surface area contributed by atoms with Gasteiger partial charge >= 0.3 is 6.09 Å². The van der Waals surface area contributed by atoms with E-state index in [2.05, 4.69) is 22.5 Å². The van der Waals surface area contributed by atoms with Gasteiger partial charge in [0.15, 0.2) is 0 Å². The maximum atomic E-state index is 12.4. The average molecular weight is 389 g/mol. The van der Waals surface area contributed by atoms with E-state index in [1.807, 2.05) is 30.3 Å². The van der Waals surface area contributed by atoms with E-state index < -0.39 is 35.6 Å². The summed E-state index contributed by atoms with van der Waals surface area (Å²) < 4.78 is 5.44. The van der Waals surface area contributed by atoms with Crippen LogP contribution in [-0.2, 0) is 9.53 Å². The van der Waals surface area contributed by atoms with Crippen molar-refractivity contribution in [3.05, 3.63) is 47.0 Å². The summed E-state index contributed by atoms with van der Waals surface area (Å²) in [5, 5.41) is 8.48.